The molecule has 1 aromatic heterocycles. The molecule has 0 aromatic carbocycles. The molecule has 0 saturated carbocycles. The number of rotatable bonds is 3. The van der Waals surface area contributed by atoms with E-state index in [1.165, 1.54) is 0 Å². The molecule has 0 saturated heterocycles. The SMILES string of the molecule is CCC1(O)C(=O)OCc2c1cc1n(c2=O)CC2C=C3C=C(OC)C(OC)C=C3N=C12. The van der Waals surface area contributed by atoms with E-state index in [4.69, 9.17) is 19.2 Å². The first-order valence-corrected chi connectivity index (χ1v) is 9.89. The fourth-order valence-corrected chi connectivity index (χ4v) is 4.61. The highest BCUT2D eigenvalue weighted by atomic mass is 16.6. The van der Waals surface area contributed by atoms with Gasteiger partial charge in [0.1, 0.15) is 18.5 Å². The monoisotopic (exact) mass is 410 g/mol. The Hall–Kier alpha value is -2.97. The molecule has 0 fully saturated rings. The molecule has 5 rings (SSSR count). The molecule has 3 unspecified atom stereocenters. The number of carbonyl (C=O) groups is 1. The molecular weight excluding hydrogens is 388 g/mol. The maximum atomic E-state index is 13.2. The molecular formula is C22H22N2O6. The zero-order chi connectivity index (χ0) is 21.2. The number of methoxy groups -OCH3 is 2. The van der Waals surface area contributed by atoms with Crippen LogP contribution >= 0.6 is 0 Å². The van der Waals surface area contributed by atoms with Crippen LogP contribution in [0.4, 0.5) is 0 Å². The lowest BCUT2D eigenvalue weighted by Crippen LogP contribution is -2.44. The molecule has 0 spiro atoms. The molecule has 0 bridgehead atoms. The Bertz CT molecular complexity index is 1150. The smallest absolute Gasteiger partial charge is 0.343 e. The van der Waals surface area contributed by atoms with Crippen molar-refractivity contribution in [1.29, 1.82) is 0 Å². The highest BCUT2D eigenvalue weighted by molar-refractivity contribution is 6.06. The summed E-state index contributed by atoms with van der Waals surface area (Å²) in [6.07, 6.45) is 5.64. The van der Waals surface area contributed by atoms with Crippen LogP contribution in [0, 0.1) is 5.92 Å². The molecule has 1 N–H and O–H groups in total. The third-order valence-electron chi connectivity index (χ3n) is 6.33. The van der Waals surface area contributed by atoms with Crippen LogP contribution < -0.4 is 5.56 Å². The van der Waals surface area contributed by atoms with Crippen molar-refractivity contribution in [3.63, 3.8) is 0 Å². The van der Waals surface area contributed by atoms with E-state index in [2.05, 4.69) is 6.08 Å². The van der Waals surface area contributed by atoms with Crippen LogP contribution in [0.5, 0.6) is 0 Å². The lowest BCUT2D eigenvalue weighted by atomic mass is 9.85. The van der Waals surface area contributed by atoms with Crippen LogP contribution in [0.1, 0.15) is 30.2 Å². The summed E-state index contributed by atoms with van der Waals surface area (Å²) in [4.78, 5) is 30.3. The number of esters is 1. The molecule has 4 heterocycles. The molecule has 1 aromatic rings. The normalized spacial score (nSPS) is 28.7. The first-order valence-electron chi connectivity index (χ1n) is 9.89. The van der Waals surface area contributed by atoms with Crippen molar-refractivity contribution in [2.24, 2.45) is 10.9 Å². The Morgan fingerprint density at radius 3 is 2.83 bits per heavy atom. The molecule has 3 aliphatic heterocycles. The largest absolute Gasteiger partial charge is 0.498 e. The van der Waals surface area contributed by atoms with Gasteiger partial charge in [0.15, 0.2) is 5.60 Å². The zero-order valence-corrected chi connectivity index (χ0v) is 17.0. The number of aliphatic hydroxyl groups is 1. The number of hydrogen-bond donors (Lipinski definition) is 1. The van der Waals surface area contributed by atoms with Crippen molar-refractivity contribution in [3.05, 3.63) is 68.5 Å². The Labute approximate surface area is 172 Å². The number of ether oxygens (including phenoxy) is 3. The fraction of sp³-hybridized carbons (Fsp3) is 0.409. The van der Waals surface area contributed by atoms with E-state index in [0.29, 0.717) is 29.1 Å². The minimum atomic E-state index is -1.82. The highest BCUT2D eigenvalue weighted by Gasteiger charge is 2.46. The van der Waals surface area contributed by atoms with Gasteiger partial charge in [-0.1, -0.05) is 13.0 Å². The number of hydrogen-bond acceptors (Lipinski definition) is 7. The molecule has 8 heteroatoms. The van der Waals surface area contributed by atoms with E-state index in [1.807, 2.05) is 12.2 Å². The molecule has 156 valence electrons. The predicted molar refractivity (Wildman–Crippen MR) is 107 cm³/mol. The van der Waals surface area contributed by atoms with Gasteiger partial charge in [-0.3, -0.25) is 9.79 Å². The van der Waals surface area contributed by atoms with E-state index in [9.17, 15) is 14.7 Å². The van der Waals surface area contributed by atoms with Gasteiger partial charge < -0.3 is 23.9 Å². The topological polar surface area (TPSA) is 99.4 Å². The lowest BCUT2D eigenvalue weighted by molar-refractivity contribution is -0.172. The standard InChI is InChI=1S/C22H22N2O6/c1-4-22(27)14-7-16-19-12(9-24(16)20(25)13(14)10-30-21(22)26)5-11-6-17(28-2)18(29-3)8-15(11)23-19/h5-8,12,18,27H,4,9-10H2,1-3H3. The summed E-state index contributed by atoms with van der Waals surface area (Å²) >= 11 is 0. The summed E-state index contributed by atoms with van der Waals surface area (Å²) in [5.41, 5.74) is 1.61. The Balaban J connectivity index is 1.66. The van der Waals surface area contributed by atoms with Crippen molar-refractivity contribution >= 4 is 11.7 Å². The van der Waals surface area contributed by atoms with E-state index < -0.39 is 11.6 Å². The number of fused-ring (bicyclic) bond motifs is 5. The second kappa shape index (κ2) is 6.52. The molecule has 0 radical (unpaired) electrons. The van der Waals surface area contributed by atoms with Crippen LogP contribution in [0.2, 0.25) is 0 Å². The zero-order valence-electron chi connectivity index (χ0n) is 17.0. The van der Waals surface area contributed by atoms with Gasteiger partial charge in [0.05, 0.1) is 29.8 Å². The second-order valence-corrected chi connectivity index (χ2v) is 7.81. The van der Waals surface area contributed by atoms with E-state index in [-0.39, 0.29) is 30.6 Å². The number of dihydropyridines is 1. The van der Waals surface area contributed by atoms with Crippen molar-refractivity contribution in [1.82, 2.24) is 4.57 Å². The second-order valence-electron chi connectivity index (χ2n) is 7.81. The van der Waals surface area contributed by atoms with E-state index in [0.717, 1.165) is 17.0 Å². The molecule has 0 amide bonds. The number of aromatic nitrogens is 1. The molecule has 8 nitrogen and oxygen atoms in total. The number of pyridine rings is 1. The van der Waals surface area contributed by atoms with Gasteiger partial charge in [-0.05, 0) is 24.6 Å². The minimum absolute atomic E-state index is 0.0894. The first-order chi connectivity index (χ1) is 14.4. The molecule has 30 heavy (non-hydrogen) atoms. The predicted octanol–water partition coefficient (Wildman–Crippen LogP) is 1.30. The molecule has 3 atom stereocenters. The van der Waals surface area contributed by atoms with Gasteiger partial charge in [0.2, 0.25) is 0 Å². The third kappa shape index (κ3) is 2.44. The molecule has 1 aliphatic carbocycles. The highest BCUT2D eigenvalue weighted by Crippen LogP contribution is 2.38. The van der Waals surface area contributed by atoms with Crippen molar-refractivity contribution in [3.8, 4) is 0 Å². The minimum Gasteiger partial charge on any atom is -0.498 e. The van der Waals surface area contributed by atoms with Crippen LogP contribution in [0.25, 0.3) is 0 Å². The van der Waals surface area contributed by atoms with Gasteiger partial charge >= 0.3 is 5.97 Å². The number of allylic oxidation sites excluding steroid dienone is 2. The molecule has 4 aliphatic rings. The van der Waals surface area contributed by atoms with Crippen molar-refractivity contribution < 1.29 is 24.1 Å². The van der Waals surface area contributed by atoms with Crippen LogP contribution in [-0.2, 0) is 37.8 Å². The fourth-order valence-electron chi connectivity index (χ4n) is 4.61. The Morgan fingerprint density at radius 1 is 1.33 bits per heavy atom. The van der Waals surface area contributed by atoms with Crippen LogP contribution in [0.3, 0.4) is 0 Å². The maximum absolute atomic E-state index is 13.2. The number of carbonyl (C=O) groups excluding carboxylic acids is 1. The third-order valence-corrected chi connectivity index (χ3v) is 6.33. The number of aliphatic imine (C=N–C) groups is 1. The van der Waals surface area contributed by atoms with Crippen molar-refractivity contribution in [2.75, 3.05) is 14.2 Å². The average Bonchev–Trinajstić information content (AvgIpc) is 3.12. The summed E-state index contributed by atoms with van der Waals surface area (Å²) in [5, 5.41) is 10.9. The Kier molecular flexibility index (Phi) is 4.13. The van der Waals surface area contributed by atoms with Crippen LogP contribution in [-0.4, -0.2) is 41.7 Å². The van der Waals surface area contributed by atoms with E-state index in [1.54, 1.807) is 31.8 Å². The summed E-state index contributed by atoms with van der Waals surface area (Å²) in [6.45, 7) is 2.00. The van der Waals surface area contributed by atoms with Gasteiger partial charge in [-0.25, -0.2) is 4.79 Å². The van der Waals surface area contributed by atoms with E-state index >= 15 is 0 Å². The van der Waals surface area contributed by atoms with Crippen molar-refractivity contribution in [2.45, 2.75) is 38.2 Å². The Morgan fingerprint density at radius 2 is 2.13 bits per heavy atom. The lowest BCUT2D eigenvalue weighted by Gasteiger charge is -2.31. The number of nitrogens with zero attached hydrogens (tertiary/aromatic N) is 2. The van der Waals surface area contributed by atoms with Gasteiger partial charge in [0.25, 0.3) is 5.56 Å². The number of cyclic esters (lactones) is 1. The summed E-state index contributed by atoms with van der Waals surface area (Å²) in [7, 11) is 3.20. The maximum Gasteiger partial charge on any atom is 0.343 e. The van der Waals surface area contributed by atoms with Gasteiger partial charge in [-0.15, -0.1) is 0 Å². The summed E-state index contributed by atoms with van der Waals surface area (Å²) in [5.74, 6) is -0.120. The average molecular weight is 410 g/mol. The van der Waals surface area contributed by atoms with Gasteiger partial charge in [-0.2, -0.15) is 0 Å². The van der Waals surface area contributed by atoms with Gasteiger partial charge in [0, 0.05) is 30.7 Å². The quantitative estimate of drug-likeness (QED) is 0.755. The van der Waals surface area contributed by atoms with Crippen LogP contribution in [0.15, 0.2) is 51.1 Å². The summed E-state index contributed by atoms with van der Waals surface area (Å²) < 4.78 is 17.6. The summed E-state index contributed by atoms with van der Waals surface area (Å²) in [6, 6.07) is 1.73. The first kappa shape index (κ1) is 19.0.